The molecule has 1 N–H and O–H groups in total. The monoisotopic (exact) mass is 211 g/mol. The van der Waals surface area contributed by atoms with E-state index in [2.05, 4.69) is 26.1 Å². The van der Waals surface area contributed by atoms with Crippen LogP contribution in [0.2, 0.25) is 0 Å². The summed E-state index contributed by atoms with van der Waals surface area (Å²) < 4.78 is 0. The van der Waals surface area contributed by atoms with Gasteiger partial charge in [0.1, 0.15) is 0 Å². The van der Waals surface area contributed by atoms with E-state index in [0.717, 1.165) is 17.9 Å². The molecule has 1 aliphatic rings. The van der Waals surface area contributed by atoms with Crippen LogP contribution in [0.5, 0.6) is 0 Å². The third-order valence-corrected chi connectivity index (χ3v) is 3.29. The minimum Gasteiger partial charge on any atom is -0.314 e. The van der Waals surface area contributed by atoms with Gasteiger partial charge in [0.15, 0.2) is 0 Å². The molecule has 0 amide bonds. The van der Waals surface area contributed by atoms with Crippen molar-refractivity contribution in [2.75, 3.05) is 6.54 Å². The molecule has 1 heteroatoms. The minimum atomic E-state index is 0.859. The third kappa shape index (κ3) is 6.94. The van der Waals surface area contributed by atoms with Gasteiger partial charge >= 0.3 is 0 Å². The Morgan fingerprint density at radius 3 is 2.47 bits per heavy atom. The lowest BCUT2D eigenvalue weighted by atomic mass is 9.92. The summed E-state index contributed by atoms with van der Waals surface area (Å²) in [6, 6.07) is 0.880. The summed E-state index contributed by atoms with van der Waals surface area (Å²) in [6.45, 7) is 8.26. The summed E-state index contributed by atoms with van der Waals surface area (Å²) in [5.41, 5.74) is 0. The molecule has 0 spiro atoms. The highest BCUT2D eigenvalue weighted by atomic mass is 14.9. The smallest absolute Gasteiger partial charge is 0.00683 e. The molecule has 1 fully saturated rings. The second kappa shape index (κ2) is 7.27. The second-order valence-electron chi connectivity index (χ2n) is 5.67. The van der Waals surface area contributed by atoms with Crippen LogP contribution in [-0.4, -0.2) is 12.6 Å². The predicted octanol–water partition coefficient (Wildman–Crippen LogP) is 3.98. The molecule has 1 rings (SSSR count). The molecule has 1 unspecified atom stereocenters. The fourth-order valence-electron chi connectivity index (χ4n) is 2.27. The van der Waals surface area contributed by atoms with Crippen molar-refractivity contribution in [2.24, 2.45) is 11.8 Å². The standard InChI is InChI=1S/C14H29N/c1-4-5-6-7-13(10-12(2)3)11-15-14-8-9-14/h12-15H,4-11H2,1-3H3. The third-order valence-electron chi connectivity index (χ3n) is 3.29. The fourth-order valence-corrected chi connectivity index (χ4v) is 2.27. The largest absolute Gasteiger partial charge is 0.314 e. The summed E-state index contributed by atoms with van der Waals surface area (Å²) in [7, 11) is 0. The molecule has 0 radical (unpaired) electrons. The second-order valence-corrected chi connectivity index (χ2v) is 5.67. The highest BCUT2D eigenvalue weighted by molar-refractivity contribution is 4.82. The topological polar surface area (TPSA) is 12.0 Å². The molecule has 0 saturated heterocycles. The normalized spacial score (nSPS) is 18.4. The predicted molar refractivity (Wildman–Crippen MR) is 68.1 cm³/mol. The van der Waals surface area contributed by atoms with Gasteiger partial charge in [-0.25, -0.2) is 0 Å². The van der Waals surface area contributed by atoms with Crippen LogP contribution in [0.25, 0.3) is 0 Å². The Hall–Kier alpha value is -0.0400. The number of hydrogen-bond donors (Lipinski definition) is 1. The molecule has 0 aromatic rings. The molecule has 0 aliphatic heterocycles. The lowest BCUT2D eigenvalue weighted by molar-refractivity contribution is 0.354. The average molecular weight is 211 g/mol. The van der Waals surface area contributed by atoms with E-state index in [9.17, 15) is 0 Å². The first kappa shape index (κ1) is 13.0. The van der Waals surface area contributed by atoms with Crippen molar-refractivity contribution < 1.29 is 0 Å². The summed E-state index contributed by atoms with van der Waals surface area (Å²) in [5, 5.41) is 3.69. The van der Waals surface area contributed by atoms with Gasteiger partial charge in [0.25, 0.3) is 0 Å². The van der Waals surface area contributed by atoms with Crippen LogP contribution in [0.4, 0.5) is 0 Å². The van der Waals surface area contributed by atoms with Crippen molar-refractivity contribution in [3.05, 3.63) is 0 Å². The molecule has 1 nitrogen and oxygen atoms in total. The number of hydrogen-bond acceptors (Lipinski definition) is 1. The number of unbranched alkanes of at least 4 members (excludes halogenated alkanes) is 2. The first-order chi connectivity index (χ1) is 7.22. The molecule has 1 atom stereocenters. The van der Waals surface area contributed by atoms with E-state index >= 15 is 0 Å². The summed E-state index contributed by atoms with van der Waals surface area (Å²) >= 11 is 0. The SMILES string of the molecule is CCCCCC(CNC1CC1)CC(C)C. The van der Waals surface area contributed by atoms with E-state index in [-0.39, 0.29) is 0 Å². The highest BCUT2D eigenvalue weighted by Crippen LogP contribution is 2.22. The van der Waals surface area contributed by atoms with Crippen molar-refractivity contribution >= 4 is 0 Å². The number of nitrogens with one attached hydrogen (secondary N) is 1. The van der Waals surface area contributed by atoms with E-state index in [4.69, 9.17) is 0 Å². The van der Waals surface area contributed by atoms with Crippen molar-refractivity contribution in [1.29, 1.82) is 0 Å². The minimum absolute atomic E-state index is 0.859. The Morgan fingerprint density at radius 2 is 1.93 bits per heavy atom. The Labute approximate surface area is 96.0 Å². The summed E-state index contributed by atoms with van der Waals surface area (Å²) in [5.74, 6) is 1.79. The van der Waals surface area contributed by atoms with E-state index < -0.39 is 0 Å². The average Bonchev–Trinajstić information content (AvgIpc) is 2.97. The zero-order chi connectivity index (χ0) is 11.1. The Kier molecular flexibility index (Phi) is 6.31. The van der Waals surface area contributed by atoms with Crippen LogP contribution in [0.3, 0.4) is 0 Å². The van der Waals surface area contributed by atoms with Gasteiger partial charge < -0.3 is 5.32 Å². The fraction of sp³-hybridized carbons (Fsp3) is 1.00. The van der Waals surface area contributed by atoms with Crippen LogP contribution >= 0.6 is 0 Å². The van der Waals surface area contributed by atoms with Gasteiger partial charge in [0.05, 0.1) is 0 Å². The Bertz CT molecular complexity index is 149. The zero-order valence-electron chi connectivity index (χ0n) is 10.9. The molecule has 1 aliphatic carbocycles. The van der Waals surface area contributed by atoms with Crippen LogP contribution < -0.4 is 5.32 Å². The molecule has 0 bridgehead atoms. The molecule has 0 heterocycles. The highest BCUT2D eigenvalue weighted by Gasteiger charge is 2.21. The van der Waals surface area contributed by atoms with Gasteiger partial charge in [-0.15, -0.1) is 0 Å². The molecule has 90 valence electrons. The van der Waals surface area contributed by atoms with E-state index in [1.807, 2.05) is 0 Å². The maximum absolute atomic E-state index is 3.69. The molecule has 15 heavy (non-hydrogen) atoms. The van der Waals surface area contributed by atoms with Crippen molar-refractivity contribution in [3.63, 3.8) is 0 Å². The van der Waals surface area contributed by atoms with Gasteiger partial charge in [-0.05, 0) is 44.1 Å². The molecule has 0 aromatic carbocycles. The lowest BCUT2D eigenvalue weighted by Crippen LogP contribution is -2.25. The summed E-state index contributed by atoms with van der Waals surface area (Å²) in [4.78, 5) is 0. The van der Waals surface area contributed by atoms with Crippen LogP contribution in [0.1, 0.15) is 65.7 Å². The van der Waals surface area contributed by atoms with Crippen LogP contribution in [0.15, 0.2) is 0 Å². The molecular weight excluding hydrogens is 182 g/mol. The Balaban J connectivity index is 2.11. The van der Waals surface area contributed by atoms with Crippen molar-refractivity contribution in [3.8, 4) is 0 Å². The maximum Gasteiger partial charge on any atom is 0.00683 e. The van der Waals surface area contributed by atoms with Crippen molar-refractivity contribution in [2.45, 2.75) is 71.8 Å². The number of rotatable bonds is 9. The van der Waals surface area contributed by atoms with Gasteiger partial charge in [0.2, 0.25) is 0 Å². The first-order valence-electron chi connectivity index (χ1n) is 6.95. The van der Waals surface area contributed by atoms with Crippen LogP contribution in [0, 0.1) is 11.8 Å². The Morgan fingerprint density at radius 1 is 1.20 bits per heavy atom. The lowest BCUT2D eigenvalue weighted by Gasteiger charge is -2.19. The van der Waals surface area contributed by atoms with E-state index in [0.29, 0.717) is 0 Å². The van der Waals surface area contributed by atoms with E-state index in [1.54, 1.807) is 0 Å². The van der Waals surface area contributed by atoms with Gasteiger partial charge in [-0.2, -0.15) is 0 Å². The van der Waals surface area contributed by atoms with Gasteiger partial charge in [0, 0.05) is 6.04 Å². The summed E-state index contributed by atoms with van der Waals surface area (Å²) in [6.07, 6.45) is 9.88. The molecular formula is C14H29N. The van der Waals surface area contributed by atoms with E-state index in [1.165, 1.54) is 51.5 Å². The van der Waals surface area contributed by atoms with Crippen molar-refractivity contribution in [1.82, 2.24) is 5.32 Å². The maximum atomic E-state index is 3.69. The molecule has 1 saturated carbocycles. The zero-order valence-corrected chi connectivity index (χ0v) is 10.9. The van der Waals surface area contributed by atoms with Gasteiger partial charge in [-0.1, -0.05) is 40.0 Å². The van der Waals surface area contributed by atoms with Crippen LogP contribution in [-0.2, 0) is 0 Å². The van der Waals surface area contributed by atoms with Gasteiger partial charge in [-0.3, -0.25) is 0 Å². The molecule has 0 aromatic heterocycles. The first-order valence-corrected chi connectivity index (χ1v) is 6.95. The quantitative estimate of drug-likeness (QED) is 0.569.